The third-order valence-corrected chi connectivity index (χ3v) is 16.5. The number of aromatic nitrogens is 1. The molecule has 1 aliphatic carbocycles. The summed E-state index contributed by atoms with van der Waals surface area (Å²) in [5.41, 5.74) is 2.24. The average molecular weight is 898 g/mol. The zero-order valence-electron chi connectivity index (χ0n) is 39.2. The molecule has 9 atom stereocenters. The van der Waals surface area contributed by atoms with Crippen molar-refractivity contribution in [1.82, 2.24) is 20.1 Å². The van der Waals surface area contributed by atoms with Crippen molar-refractivity contribution in [3.8, 4) is 11.5 Å². The van der Waals surface area contributed by atoms with Gasteiger partial charge in [-0.3, -0.25) is 24.2 Å². The molecular weight excluding hydrogens is 835 g/mol. The van der Waals surface area contributed by atoms with Gasteiger partial charge in [0.25, 0.3) is 5.91 Å². The highest BCUT2D eigenvalue weighted by atomic mass is 16.6. The first-order valence-corrected chi connectivity index (χ1v) is 23.6. The van der Waals surface area contributed by atoms with Crippen LogP contribution >= 0.6 is 0 Å². The number of para-hydroxylation sites is 2. The highest BCUT2D eigenvalue weighted by Crippen LogP contribution is 2.68. The van der Waals surface area contributed by atoms with Crippen molar-refractivity contribution >= 4 is 34.4 Å². The van der Waals surface area contributed by atoms with E-state index in [2.05, 4.69) is 81.3 Å². The van der Waals surface area contributed by atoms with E-state index in [0.29, 0.717) is 48.4 Å². The number of ether oxygens (including phenoxy) is 4. The van der Waals surface area contributed by atoms with Gasteiger partial charge in [-0.25, -0.2) is 0 Å². The number of likely N-dealkylation sites (N-methyl/N-ethyl adjacent to an activating group) is 1. The fourth-order valence-corrected chi connectivity index (χ4v) is 14.2. The number of carbonyl (C=O) groups excluding carboxylic acids is 3. The Morgan fingerprint density at radius 1 is 0.955 bits per heavy atom. The fraction of sp³-hybridized carbons (Fsp3) is 0.491. The number of fused-ring (bicyclic) bond motifs is 6. The number of methoxy groups -OCH3 is 3. The van der Waals surface area contributed by atoms with E-state index in [4.69, 9.17) is 18.9 Å². The van der Waals surface area contributed by atoms with Crippen LogP contribution in [0.25, 0.3) is 10.9 Å². The van der Waals surface area contributed by atoms with E-state index in [1.165, 1.54) is 26.7 Å². The molecule has 2 bridgehead atoms. The fourth-order valence-electron chi connectivity index (χ4n) is 14.2. The zero-order valence-corrected chi connectivity index (χ0v) is 39.2. The van der Waals surface area contributed by atoms with Crippen LogP contribution in [0, 0.1) is 11.3 Å². The Balaban J connectivity index is 1.23. The third kappa shape index (κ3) is 6.18. The maximum absolute atomic E-state index is 15.5. The molecule has 13 heteroatoms. The second-order valence-electron chi connectivity index (χ2n) is 19.6. The summed E-state index contributed by atoms with van der Waals surface area (Å²) < 4.78 is 24.5. The van der Waals surface area contributed by atoms with Crippen molar-refractivity contribution in [3.63, 3.8) is 0 Å². The predicted molar refractivity (Wildman–Crippen MR) is 252 cm³/mol. The topological polar surface area (TPSA) is 146 Å². The summed E-state index contributed by atoms with van der Waals surface area (Å²) >= 11 is 0. The summed E-state index contributed by atoms with van der Waals surface area (Å²) in [6, 6.07) is 18.6. The minimum atomic E-state index is -1.84. The molecule has 10 rings (SSSR count). The van der Waals surface area contributed by atoms with E-state index >= 15 is 4.79 Å². The second kappa shape index (κ2) is 16.3. The molecule has 1 spiro atoms. The largest absolute Gasteiger partial charge is 0.496 e. The predicted octanol–water partition coefficient (Wildman–Crippen LogP) is 6.06. The minimum absolute atomic E-state index is 0.0195. The highest BCUT2D eigenvalue weighted by Gasteiger charge is 2.78. The number of nitrogens with one attached hydrogen (secondary N) is 2. The number of esters is 2. The molecule has 3 N–H and O–H groups in total. The van der Waals surface area contributed by atoms with Gasteiger partial charge in [0.1, 0.15) is 28.6 Å². The maximum atomic E-state index is 15.5. The van der Waals surface area contributed by atoms with Gasteiger partial charge in [-0.15, -0.1) is 0 Å². The van der Waals surface area contributed by atoms with Crippen molar-refractivity contribution in [2.24, 2.45) is 11.3 Å². The second-order valence-corrected chi connectivity index (χ2v) is 19.6. The number of H-pyrrole nitrogens is 1. The van der Waals surface area contributed by atoms with Crippen LogP contribution in [0.5, 0.6) is 11.5 Å². The molecule has 13 nitrogen and oxygen atoms in total. The molecule has 3 aromatic carbocycles. The number of benzene rings is 3. The van der Waals surface area contributed by atoms with Gasteiger partial charge in [0.2, 0.25) is 0 Å². The van der Waals surface area contributed by atoms with Gasteiger partial charge in [0.15, 0.2) is 0 Å². The van der Waals surface area contributed by atoms with E-state index < -0.39 is 45.9 Å². The first-order chi connectivity index (χ1) is 31.8. The molecule has 6 heterocycles. The number of aromatic amines is 1. The summed E-state index contributed by atoms with van der Waals surface area (Å²) in [4.78, 5) is 54.0. The normalized spacial score (nSPS) is 31.8. The summed E-state index contributed by atoms with van der Waals surface area (Å²) in [7, 11) is 6.64. The van der Waals surface area contributed by atoms with Crippen LogP contribution in [0.1, 0.15) is 79.2 Å². The van der Waals surface area contributed by atoms with Crippen LogP contribution < -0.4 is 19.7 Å². The van der Waals surface area contributed by atoms with Gasteiger partial charge < -0.3 is 39.3 Å². The van der Waals surface area contributed by atoms with Crippen LogP contribution in [0.4, 0.5) is 5.69 Å². The first-order valence-electron chi connectivity index (χ1n) is 23.6. The van der Waals surface area contributed by atoms with Gasteiger partial charge in [-0.2, -0.15) is 0 Å². The van der Waals surface area contributed by atoms with Gasteiger partial charge in [0, 0.05) is 90.9 Å². The van der Waals surface area contributed by atoms with E-state index in [-0.39, 0.29) is 24.5 Å². The average Bonchev–Trinajstić information content (AvgIpc) is 4.00. The number of anilines is 1. The summed E-state index contributed by atoms with van der Waals surface area (Å²) in [5, 5.41) is 18.2. The van der Waals surface area contributed by atoms with Gasteiger partial charge in [-0.05, 0) is 80.0 Å². The molecule has 1 unspecified atom stereocenters. The Kier molecular flexibility index (Phi) is 10.9. The molecule has 2 fully saturated rings. The van der Waals surface area contributed by atoms with Crippen LogP contribution in [0.2, 0.25) is 0 Å². The molecule has 1 saturated carbocycles. The lowest BCUT2D eigenvalue weighted by atomic mass is 9.47. The Hall–Kier alpha value is -5.63. The summed E-state index contributed by atoms with van der Waals surface area (Å²) in [5.74, 6) is -0.357. The number of aliphatic hydroxyl groups is 1. The number of rotatable bonds is 10. The molecule has 4 aromatic rings. The Labute approximate surface area is 387 Å². The SMILES string of the molecule is CCC1=C[C@@H]2CN(CCc3c([nH]c4ccccc34)[C@@](C(=O)OC)(c3cc4c(cc3OC)N(C)[C@H]3[C@@](O)(CNC(=O)c5ccccc5OC)[C@H](OC(C)=O)[C@]5(CC)C=CCN6CC[C@]43[C@@H]65)C2)C1. The number of nitrogens with zero attached hydrogens (tertiary/aromatic N) is 3. The van der Waals surface area contributed by atoms with Crippen molar-refractivity contribution in [3.05, 3.63) is 112 Å². The smallest absolute Gasteiger partial charge is 0.322 e. The van der Waals surface area contributed by atoms with Crippen molar-refractivity contribution < 1.29 is 38.4 Å². The molecule has 348 valence electrons. The Bertz CT molecular complexity index is 2680. The number of amides is 1. The molecule has 1 amide bonds. The minimum Gasteiger partial charge on any atom is -0.496 e. The van der Waals surface area contributed by atoms with Crippen LogP contribution in [0.15, 0.2) is 84.5 Å². The Morgan fingerprint density at radius 2 is 1.73 bits per heavy atom. The number of carbonyl (C=O) groups is 3. The van der Waals surface area contributed by atoms with Crippen molar-refractivity contribution in [1.29, 1.82) is 0 Å². The number of hydrogen-bond acceptors (Lipinski definition) is 11. The molecule has 1 saturated heterocycles. The molecule has 0 radical (unpaired) electrons. The van der Waals surface area contributed by atoms with Crippen LogP contribution in [-0.2, 0) is 36.3 Å². The van der Waals surface area contributed by atoms with E-state index in [0.717, 1.165) is 72.4 Å². The molecule has 6 aliphatic rings. The zero-order chi connectivity index (χ0) is 46.3. The van der Waals surface area contributed by atoms with Gasteiger partial charge >= 0.3 is 11.9 Å². The lowest BCUT2D eigenvalue weighted by Crippen LogP contribution is -2.81. The lowest BCUT2D eigenvalue weighted by Gasteiger charge is -2.64. The Morgan fingerprint density at radius 3 is 2.47 bits per heavy atom. The van der Waals surface area contributed by atoms with E-state index in [9.17, 15) is 14.7 Å². The van der Waals surface area contributed by atoms with Crippen LogP contribution in [-0.4, -0.2) is 129 Å². The maximum Gasteiger partial charge on any atom is 0.322 e. The molecule has 66 heavy (non-hydrogen) atoms. The standard InChI is InChI=1S/C53H63N5O8/c1-8-33-25-34-28-52(49(61)65-7,44-36(19-23-57(29-33)30-34)35-15-10-12-17-40(35)55-44)39-26-38-41(27-43(39)64-6)56(4)47-51(38)21-24-58-22-14-20-50(9-2,46(51)58)48(66-32(3)59)53(47,62)31-54-45(60)37-16-11-13-18-42(37)63-5/h10-18,20,25-27,34,46-48,55,62H,8-9,19,21-24,28-31H2,1-7H3,(H,54,60)/t34-,46-,47+,48+,50+,51+,52-,53-/m0/s1. The van der Waals surface area contributed by atoms with Gasteiger partial charge in [0.05, 0.1) is 39.5 Å². The molecular formula is C53H63N5O8. The quantitative estimate of drug-likeness (QED) is 0.126. The monoisotopic (exact) mass is 897 g/mol. The highest BCUT2D eigenvalue weighted by molar-refractivity contribution is 5.97. The lowest BCUT2D eigenvalue weighted by molar-refractivity contribution is -0.216. The summed E-state index contributed by atoms with van der Waals surface area (Å²) in [6.07, 6.45) is 8.92. The third-order valence-electron chi connectivity index (χ3n) is 16.5. The van der Waals surface area contributed by atoms with Crippen molar-refractivity contribution in [2.75, 3.05) is 72.5 Å². The van der Waals surface area contributed by atoms with Crippen LogP contribution in [0.3, 0.4) is 0 Å². The van der Waals surface area contributed by atoms with Crippen molar-refractivity contribution in [2.45, 2.75) is 87.5 Å². The molecule has 1 aromatic heterocycles. The van der Waals surface area contributed by atoms with E-state index in [1.54, 1.807) is 31.4 Å². The summed E-state index contributed by atoms with van der Waals surface area (Å²) in [6.45, 7) is 9.41. The van der Waals surface area contributed by atoms with E-state index in [1.807, 2.05) is 19.2 Å². The number of hydrogen-bond donors (Lipinski definition) is 3. The molecule has 5 aliphatic heterocycles. The van der Waals surface area contributed by atoms with Gasteiger partial charge in [-0.1, -0.05) is 68.0 Å². The first kappa shape index (κ1) is 44.2.